The number of nitrogens with one attached hydrogen (secondary N) is 2. The summed E-state index contributed by atoms with van der Waals surface area (Å²) in [5, 5.41) is 6.49. The molecule has 17 heavy (non-hydrogen) atoms. The highest BCUT2D eigenvalue weighted by Crippen LogP contribution is 2.21. The number of hydrogen-bond donors (Lipinski definition) is 2. The summed E-state index contributed by atoms with van der Waals surface area (Å²) < 4.78 is 0. The van der Waals surface area contributed by atoms with E-state index in [4.69, 9.17) is 0 Å². The third-order valence-corrected chi connectivity index (χ3v) is 4.26. The van der Waals surface area contributed by atoms with Crippen LogP contribution in [0.3, 0.4) is 0 Å². The molecule has 4 nitrogen and oxygen atoms in total. The second kappa shape index (κ2) is 5.83. The molecular weight excluding hydrogens is 214 g/mol. The minimum Gasteiger partial charge on any atom is -0.354 e. The van der Waals surface area contributed by atoms with Gasteiger partial charge >= 0.3 is 0 Å². The van der Waals surface area contributed by atoms with Crippen LogP contribution in [-0.2, 0) is 4.79 Å². The normalized spacial score (nSPS) is 29.3. The molecule has 2 aliphatic rings. The van der Waals surface area contributed by atoms with Crippen molar-refractivity contribution in [1.29, 1.82) is 0 Å². The van der Waals surface area contributed by atoms with E-state index in [0.29, 0.717) is 18.5 Å². The van der Waals surface area contributed by atoms with Crippen molar-refractivity contribution in [2.24, 2.45) is 5.92 Å². The molecule has 2 rings (SSSR count). The number of carbonyl (C=O) groups excluding carboxylic acids is 1. The van der Waals surface area contributed by atoms with Crippen LogP contribution in [0.25, 0.3) is 0 Å². The molecule has 2 aliphatic heterocycles. The third kappa shape index (κ3) is 3.42. The Morgan fingerprint density at radius 2 is 2.18 bits per heavy atom. The van der Waals surface area contributed by atoms with Gasteiger partial charge in [0.2, 0.25) is 5.91 Å². The quantitative estimate of drug-likeness (QED) is 0.754. The minimum atomic E-state index is 0.190. The molecule has 0 radical (unpaired) electrons. The molecule has 4 heteroatoms. The molecule has 0 saturated carbocycles. The summed E-state index contributed by atoms with van der Waals surface area (Å²) >= 11 is 0. The first-order valence-electron chi connectivity index (χ1n) is 6.94. The fourth-order valence-electron chi connectivity index (χ4n) is 3.00. The highest BCUT2D eigenvalue weighted by molar-refractivity contribution is 5.78. The first-order valence-corrected chi connectivity index (χ1v) is 6.94. The Morgan fingerprint density at radius 3 is 2.71 bits per heavy atom. The second-order valence-electron chi connectivity index (χ2n) is 5.43. The van der Waals surface area contributed by atoms with E-state index in [1.165, 1.54) is 32.5 Å². The van der Waals surface area contributed by atoms with Gasteiger partial charge in [-0.1, -0.05) is 6.92 Å². The molecule has 98 valence electrons. The SMILES string of the molecule is CCN1CCC(C(C)NC2CNC(=O)C2)CC1. The first kappa shape index (κ1) is 12.8. The number of rotatable bonds is 4. The second-order valence-corrected chi connectivity index (χ2v) is 5.43. The molecule has 0 aliphatic carbocycles. The van der Waals surface area contributed by atoms with Crippen LogP contribution in [0.5, 0.6) is 0 Å². The van der Waals surface area contributed by atoms with Crippen molar-refractivity contribution < 1.29 is 4.79 Å². The Hall–Kier alpha value is -0.610. The van der Waals surface area contributed by atoms with Crippen molar-refractivity contribution in [3.05, 3.63) is 0 Å². The van der Waals surface area contributed by atoms with E-state index >= 15 is 0 Å². The molecule has 0 aromatic carbocycles. The lowest BCUT2D eigenvalue weighted by Gasteiger charge is -2.35. The summed E-state index contributed by atoms with van der Waals surface area (Å²) in [4.78, 5) is 13.7. The molecule has 2 fully saturated rings. The van der Waals surface area contributed by atoms with Gasteiger partial charge in [0.25, 0.3) is 0 Å². The van der Waals surface area contributed by atoms with E-state index in [0.717, 1.165) is 12.5 Å². The predicted octanol–water partition coefficient (Wildman–Crippen LogP) is 0.585. The Bertz CT molecular complexity index is 261. The Kier molecular flexibility index (Phi) is 4.40. The van der Waals surface area contributed by atoms with Crippen LogP contribution in [0, 0.1) is 5.92 Å². The highest BCUT2D eigenvalue weighted by Gasteiger charge is 2.27. The maximum absolute atomic E-state index is 11.1. The monoisotopic (exact) mass is 239 g/mol. The van der Waals surface area contributed by atoms with E-state index in [1.54, 1.807) is 0 Å². The van der Waals surface area contributed by atoms with Crippen molar-refractivity contribution in [1.82, 2.24) is 15.5 Å². The number of piperidine rings is 1. The maximum atomic E-state index is 11.1. The molecule has 0 spiro atoms. The zero-order chi connectivity index (χ0) is 12.3. The number of amides is 1. The topological polar surface area (TPSA) is 44.4 Å². The van der Waals surface area contributed by atoms with Crippen LogP contribution in [0.4, 0.5) is 0 Å². The lowest BCUT2D eigenvalue weighted by molar-refractivity contribution is -0.119. The summed E-state index contributed by atoms with van der Waals surface area (Å²) in [7, 11) is 0. The van der Waals surface area contributed by atoms with Gasteiger partial charge in [0.15, 0.2) is 0 Å². The van der Waals surface area contributed by atoms with Gasteiger partial charge in [-0.3, -0.25) is 4.79 Å². The van der Waals surface area contributed by atoms with Crippen molar-refractivity contribution in [3.8, 4) is 0 Å². The Labute approximate surface area is 104 Å². The average Bonchev–Trinajstić information content (AvgIpc) is 2.75. The number of hydrogen-bond acceptors (Lipinski definition) is 3. The molecule has 2 atom stereocenters. The summed E-state index contributed by atoms with van der Waals surface area (Å²) in [6, 6.07) is 0.883. The zero-order valence-corrected chi connectivity index (χ0v) is 11.0. The van der Waals surface area contributed by atoms with E-state index in [-0.39, 0.29) is 5.91 Å². The van der Waals surface area contributed by atoms with Crippen molar-refractivity contribution in [2.45, 2.75) is 45.2 Å². The van der Waals surface area contributed by atoms with Gasteiger partial charge < -0.3 is 15.5 Å². The first-order chi connectivity index (χ1) is 8.19. The van der Waals surface area contributed by atoms with E-state index in [2.05, 4.69) is 29.4 Å². The molecule has 0 aromatic rings. The Morgan fingerprint density at radius 1 is 1.47 bits per heavy atom. The molecule has 0 aromatic heterocycles. The van der Waals surface area contributed by atoms with Crippen molar-refractivity contribution in [3.63, 3.8) is 0 Å². The van der Waals surface area contributed by atoms with E-state index in [1.807, 2.05) is 0 Å². The van der Waals surface area contributed by atoms with Crippen LogP contribution >= 0.6 is 0 Å². The molecular formula is C13H25N3O. The lowest BCUT2D eigenvalue weighted by Crippen LogP contribution is -2.46. The van der Waals surface area contributed by atoms with Crippen LogP contribution in [0.2, 0.25) is 0 Å². The van der Waals surface area contributed by atoms with Crippen LogP contribution in [0.1, 0.15) is 33.1 Å². The zero-order valence-electron chi connectivity index (χ0n) is 11.0. The third-order valence-electron chi connectivity index (χ3n) is 4.26. The fraction of sp³-hybridized carbons (Fsp3) is 0.923. The van der Waals surface area contributed by atoms with Gasteiger partial charge in [0.1, 0.15) is 0 Å². The van der Waals surface area contributed by atoms with Gasteiger partial charge in [0, 0.05) is 25.0 Å². The molecule has 2 N–H and O–H groups in total. The molecule has 2 unspecified atom stereocenters. The van der Waals surface area contributed by atoms with Crippen molar-refractivity contribution >= 4 is 5.91 Å². The highest BCUT2D eigenvalue weighted by atomic mass is 16.1. The van der Waals surface area contributed by atoms with Crippen LogP contribution in [-0.4, -0.2) is 49.1 Å². The summed E-state index contributed by atoms with van der Waals surface area (Å²) in [6.45, 7) is 8.95. The van der Waals surface area contributed by atoms with Gasteiger partial charge in [-0.2, -0.15) is 0 Å². The van der Waals surface area contributed by atoms with Gasteiger partial charge in [0.05, 0.1) is 0 Å². The fourth-order valence-corrected chi connectivity index (χ4v) is 3.00. The minimum absolute atomic E-state index is 0.190. The predicted molar refractivity (Wildman–Crippen MR) is 68.9 cm³/mol. The largest absolute Gasteiger partial charge is 0.354 e. The summed E-state index contributed by atoms with van der Waals surface area (Å²) in [5.41, 5.74) is 0. The smallest absolute Gasteiger partial charge is 0.221 e. The summed E-state index contributed by atoms with van der Waals surface area (Å²) in [5.74, 6) is 0.962. The maximum Gasteiger partial charge on any atom is 0.221 e. The molecule has 2 saturated heterocycles. The van der Waals surface area contributed by atoms with Crippen molar-refractivity contribution in [2.75, 3.05) is 26.2 Å². The number of nitrogens with zero attached hydrogens (tertiary/aromatic N) is 1. The Balaban J connectivity index is 1.73. The van der Waals surface area contributed by atoms with Crippen LogP contribution < -0.4 is 10.6 Å². The molecule has 2 heterocycles. The lowest BCUT2D eigenvalue weighted by atomic mass is 9.90. The average molecular weight is 239 g/mol. The summed E-state index contributed by atoms with van der Waals surface area (Å²) in [6.07, 6.45) is 3.23. The van der Waals surface area contributed by atoms with E-state index < -0.39 is 0 Å². The van der Waals surface area contributed by atoms with Gasteiger partial charge in [-0.25, -0.2) is 0 Å². The number of carbonyl (C=O) groups is 1. The van der Waals surface area contributed by atoms with E-state index in [9.17, 15) is 4.79 Å². The van der Waals surface area contributed by atoms with Crippen LogP contribution in [0.15, 0.2) is 0 Å². The standard InChI is InChI=1S/C13H25N3O/c1-3-16-6-4-11(5-7-16)10(2)15-12-8-13(17)14-9-12/h10-12,15H,3-9H2,1-2H3,(H,14,17). The van der Waals surface area contributed by atoms with Gasteiger partial charge in [-0.15, -0.1) is 0 Å². The molecule has 0 bridgehead atoms. The number of likely N-dealkylation sites (tertiary alicyclic amines) is 1. The molecule has 1 amide bonds. The van der Waals surface area contributed by atoms with Gasteiger partial charge in [-0.05, 0) is 45.3 Å².